The lowest BCUT2D eigenvalue weighted by molar-refractivity contribution is -0.133. The Hall–Kier alpha value is -0.570. The van der Waals surface area contributed by atoms with Gasteiger partial charge < -0.3 is 9.64 Å². The van der Waals surface area contributed by atoms with Crippen molar-refractivity contribution >= 4 is 5.91 Å². The third kappa shape index (κ3) is 9.46. The Morgan fingerprint density at radius 2 is 1.56 bits per heavy atom. The van der Waals surface area contributed by atoms with Crippen LogP contribution in [0.3, 0.4) is 0 Å². The number of nitrogens with zero attached hydrogens (tertiary/aromatic N) is 1. The molecule has 0 atom stereocenters. The zero-order valence-electron chi connectivity index (χ0n) is 12.9. The Bertz CT molecular complexity index is 213. The van der Waals surface area contributed by atoms with E-state index in [0.717, 1.165) is 38.8 Å². The smallest absolute Gasteiger partial charge is 0.224 e. The molecule has 0 aliphatic carbocycles. The average molecular weight is 257 g/mol. The van der Waals surface area contributed by atoms with Gasteiger partial charge in [0.25, 0.3) is 0 Å². The number of amides is 1. The topological polar surface area (TPSA) is 29.5 Å². The molecule has 3 heteroatoms. The van der Waals surface area contributed by atoms with Crippen LogP contribution in [0.4, 0.5) is 0 Å². The van der Waals surface area contributed by atoms with Crippen molar-refractivity contribution in [3.63, 3.8) is 0 Å². The minimum absolute atomic E-state index is 0.155. The third-order valence-electron chi connectivity index (χ3n) is 2.77. The molecule has 0 aromatic rings. The molecule has 0 fully saturated rings. The summed E-state index contributed by atoms with van der Waals surface area (Å²) in [5, 5.41) is 0. The first-order valence-electron chi connectivity index (χ1n) is 7.32. The fraction of sp³-hybridized carbons (Fsp3) is 0.933. The molecule has 1 amide bonds. The molecule has 0 spiro atoms. The van der Waals surface area contributed by atoms with Crippen molar-refractivity contribution in [2.75, 3.05) is 19.7 Å². The number of rotatable bonds is 9. The van der Waals surface area contributed by atoms with Crippen LogP contribution < -0.4 is 0 Å². The van der Waals surface area contributed by atoms with Gasteiger partial charge in [0.15, 0.2) is 0 Å². The van der Waals surface area contributed by atoms with Gasteiger partial charge in [-0.3, -0.25) is 4.79 Å². The zero-order chi connectivity index (χ0) is 14.0. The maximum atomic E-state index is 12.1. The highest BCUT2D eigenvalue weighted by Crippen LogP contribution is 2.08. The standard InChI is InChI=1S/C15H31NO2/c1-6-8-11-16(12-9-7-2)14(17)10-13-18-15(3,4)5/h6-13H2,1-5H3. The maximum absolute atomic E-state index is 12.1. The van der Waals surface area contributed by atoms with Crippen LogP contribution >= 0.6 is 0 Å². The van der Waals surface area contributed by atoms with Gasteiger partial charge in [-0.2, -0.15) is 0 Å². The summed E-state index contributed by atoms with van der Waals surface area (Å²) in [5.74, 6) is 0.237. The van der Waals surface area contributed by atoms with E-state index in [-0.39, 0.29) is 11.5 Å². The lowest BCUT2D eigenvalue weighted by Gasteiger charge is -2.24. The second-order valence-corrected chi connectivity index (χ2v) is 5.80. The first-order chi connectivity index (χ1) is 8.40. The molecule has 0 unspecified atom stereocenters. The average Bonchev–Trinajstić information content (AvgIpc) is 2.27. The highest BCUT2D eigenvalue weighted by atomic mass is 16.5. The van der Waals surface area contributed by atoms with Crippen molar-refractivity contribution in [3.8, 4) is 0 Å². The minimum Gasteiger partial charge on any atom is -0.375 e. The molecule has 0 saturated carbocycles. The lowest BCUT2D eigenvalue weighted by atomic mass is 10.2. The molecule has 108 valence electrons. The molecule has 0 heterocycles. The highest BCUT2D eigenvalue weighted by Gasteiger charge is 2.15. The SMILES string of the molecule is CCCCN(CCCC)C(=O)CCOC(C)(C)C. The predicted molar refractivity (Wildman–Crippen MR) is 76.7 cm³/mol. The third-order valence-corrected chi connectivity index (χ3v) is 2.77. The van der Waals surface area contributed by atoms with E-state index in [0.29, 0.717) is 13.0 Å². The Morgan fingerprint density at radius 1 is 1.06 bits per heavy atom. The summed E-state index contributed by atoms with van der Waals surface area (Å²) in [6, 6.07) is 0. The summed E-state index contributed by atoms with van der Waals surface area (Å²) in [5.41, 5.74) is -0.155. The van der Waals surface area contributed by atoms with E-state index in [9.17, 15) is 4.79 Å². The number of hydrogen-bond donors (Lipinski definition) is 0. The predicted octanol–water partition coefficient (Wildman–Crippen LogP) is 3.62. The Morgan fingerprint density at radius 3 is 1.94 bits per heavy atom. The van der Waals surface area contributed by atoms with Gasteiger partial charge in [0, 0.05) is 13.1 Å². The van der Waals surface area contributed by atoms with E-state index in [1.807, 2.05) is 25.7 Å². The largest absolute Gasteiger partial charge is 0.375 e. The van der Waals surface area contributed by atoms with Gasteiger partial charge in [-0.25, -0.2) is 0 Å². The number of unbranched alkanes of at least 4 members (excludes halogenated alkanes) is 2. The monoisotopic (exact) mass is 257 g/mol. The van der Waals surface area contributed by atoms with Gasteiger partial charge in [-0.05, 0) is 33.6 Å². The van der Waals surface area contributed by atoms with E-state index in [2.05, 4.69) is 13.8 Å². The molecule has 18 heavy (non-hydrogen) atoms. The summed E-state index contributed by atoms with van der Waals surface area (Å²) in [4.78, 5) is 14.1. The van der Waals surface area contributed by atoms with Crippen LogP contribution in [0.25, 0.3) is 0 Å². The van der Waals surface area contributed by atoms with Gasteiger partial charge in [0.2, 0.25) is 5.91 Å². The molecule has 0 N–H and O–H groups in total. The van der Waals surface area contributed by atoms with Crippen LogP contribution in [-0.4, -0.2) is 36.1 Å². The van der Waals surface area contributed by atoms with Crippen molar-refractivity contribution in [2.45, 2.75) is 72.3 Å². The van der Waals surface area contributed by atoms with Crippen LogP contribution in [0.15, 0.2) is 0 Å². The van der Waals surface area contributed by atoms with Gasteiger partial charge in [0.1, 0.15) is 0 Å². The van der Waals surface area contributed by atoms with E-state index >= 15 is 0 Å². The Labute approximate surface area is 113 Å². The van der Waals surface area contributed by atoms with E-state index < -0.39 is 0 Å². The van der Waals surface area contributed by atoms with Crippen molar-refractivity contribution in [2.24, 2.45) is 0 Å². The van der Waals surface area contributed by atoms with Crippen LogP contribution in [-0.2, 0) is 9.53 Å². The number of hydrogen-bond acceptors (Lipinski definition) is 2. The molecule has 0 aliphatic heterocycles. The normalized spacial score (nSPS) is 11.6. The van der Waals surface area contributed by atoms with Crippen molar-refractivity contribution in [3.05, 3.63) is 0 Å². The summed E-state index contributed by atoms with van der Waals surface area (Å²) in [6.07, 6.45) is 4.96. The molecular formula is C15H31NO2. The molecule has 0 rings (SSSR count). The number of ether oxygens (including phenoxy) is 1. The summed E-state index contributed by atoms with van der Waals surface area (Å²) < 4.78 is 5.61. The first-order valence-corrected chi connectivity index (χ1v) is 7.32. The van der Waals surface area contributed by atoms with E-state index in [1.54, 1.807) is 0 Å². The molecule has 0 bridgehead atoms. The Balaban J connectivity index is 4.03. The van der Waals surface area contributed by atoms with Gasteiger partial charge in [0.05, 0.1) is 18.6 Å². The quantitative estimate of drug-likeness (QED) is 0.631. The fourth-order valence-corrected chi connectivity index (χ4v) is 1.66. The van der Waals surface area contributed by atoms with Crippen molar-refractivity contribution < 1.29 is 9.53 Å². The lowest BCUT2D eigenvalue weighted by Crippen LogP contribution is -2.34. The maximum Gasteiger partial charge on any atom is 0.224 e. The highest BCUT2D eigenvalue weighted by molar-refractivity contribution is 5.76. The minimum atomic E-state index is -0.155. The van der Waals surface area contributed by atoms with E-state index in [4.69, 9.17) is 4.74 Å². The molecule has 0 aromatic heterocycles. The van der Waals surface area contributed by atoms with E-state index in [1.165, 1.54) is 0 Å². The summed E-state index contributed by atoms with van der Waals surface area (Å²) >= 11 is 0. The van der Waals surface area contributed by atoms with Gasteiger partial charge in [-0.15, -0.1) is 0 Å². The van der Waals surface area contributed by atoms with Crippen molar-refractivity contribution in [1.29, 1.82) is 0 Å². The van der Waals surface area contributed by atoms with Crippen LogP contribution in [0.1, 0.15) is 66.7 Å². The molecule has 3 nitrogen and oxygen atoms in total. The number of carbonyl (C=O) groups excluding carboxylic acids is 1. The van der Waals surface area contributed by atoms with Crippen LogP contribution in [0, 0.1) is 0 Å². The zero-order valence-corrected chi connectivity index (χ0v) is 12.9. The van der Waals surface area contributed by atoms with Gasteiger partial charge >= 0.3 is 0 Å². The first kappa shape index (κ1) is 17.4. The summed E-state index contributed by atoms with van der Waals surface area (Å²) in [7, 11) is 0. The molecule has 0 aliphatic rings. The fourth-order valence-electron chi connectivity index (χ4n) is 1.66. The second-order valence-electron chi connectivity index (χ2n) is 5.80. The molecule has 0 radical (unpaired) electrons. The molecular weight excluding hydrogens is 226 g/mol. The summed E-state index contributed by atoms with van der Waals surface area (Å²) in [6.45, 7) is 12.7. The van der Waals surface area contributed by atoms with Crippen LogP contribution in [0.5, 0.6) is 0 Å². The molecule has 0 saturated heterocycles. The molecule has 0 aromatic carbocycles. The Kier molecular flexibility index (Phi) is 9.08. The van der Waals surface area contributed by atoms with Crippen molar-refractivity contribution in [1.82, 2.24) is 4.90 Å². The van der Waals surface area contributed by atoms with Gasteiger partial charge in [-0.1, -0.05) is 26.7 Å². The van der Waals surface area contributed by atoms with Crippen LogP contribution in [0.2, 0.25) is 0 Å². The second kappa shape index (κ2) is 9.37. The number of carbonyl (C=O) groups is 1.